The summed E-state index contributed by atoms with van der Waals surface area (Å²) < 4.78 is -0.796. The highest BCUT2D eigenvalue weighted by atomic mass is 79.9. The number of hydrogen-bond acceptors (Lipinski definition) is 5. The quantitative estimate of drug-likeness (QED) is 0.344. The number of benzene rings is 1. The van der Waals surface area contributed by atoms with E-state index in [1.165, 1.54) is 0 Å². The predicted octanol–water partition coefficient (Wildman–Crippen LogP) is 3.64. The van der Waals surface area contributed by atoms with Crippen molar-refractivity contribution in [3.05, 3.63) is 61.2 Å². The van der Waals surface area contributed by atoms with Crippen LogP contribution in [0.1, 0.15) is 38.8 Å². The zero-order valence-electron chi connectivity index (χ0n) is 22.5. The summed E-state index contributed by atoms with van der Waals surface area (Å²) in [6.45, 7) is 13.9. The van der Waals surface area contributed by atoms with Gasteiger partial charge in [-0.25, -0.2) is 0 Å². The molecule has 7 nitrogen and oxygen atoms in total. The molecule has 1 aromatic rings. The van der Waals surface area contributed by atoms with Crippen molar-refractivity contribution in [1.29, 1.82) is 0 Å². The van der Waals surface area contributed by atoms with Crippen LogP contribution in [0.3, 0.4) is 0 Å². The molecule has 0 aromatic heterocycles. The summed E-state index contributed by atoms with van der Waals surface area (Å²) in [6.07, 6.45) is 3.95. The number of likely N-dealkylation sites (N-methyl/N-ethyl adjacent to an activating group) is 1. The fourth-order valence-corrected chi connectivity index (χ4v) is 10.1. The Morgan fingerprint density at radius 1 is 1.21 bits per heavy atom. The van der Waals surface area contributed by atoms with E-state index >= 15 is 0 Å². The van der Waals surface area contributed by atoms with E-state index in [1.807, 2.05) is 51.1 Å². The Morgan fingerprint density at radius 3 is 2.39 bits per heavy atom. The number of alkyl halides is 1. The number of carbonyl (C=O) groups excluding carboxylic acids is 3. The molecule has 0 aliphatic carbocycles. The van der Waals surface area contributed by atoms with Gasteiger partial charge in [-0.15, -0.1) is 24.9 Å². The molecule has 3 amide bonds. The van der Waals surface area contributed by atoms with E-state index in [9.17, 15) is 19.5 Å². The highest BCUT2D eigenvalue weighted by molar-refractivity contribution is 9.09. The predicted molar refractivity (Wildman–Crippen MR) is 155 cm³/mol. The van der Waals surface area contributed by atoms with Gasteiger partial charge in [0, 0.05) is 35.8 Å². The maximum atomic E-state index is 14.6. The van der Waals surface area contributed by atoms with E-state index in [1.54, 1.807) is 45.7 Å². The summed E-state index contributed by atoms with van der Waals surface area (Å²) in [7, 11) is 1.72. The number of carbonyl (C=O) groups is 3. The molecule has 38 heavy (non-hydrogen) atoms. The molecule has 3 heterocycles. The standard InChI is InChI=1S/C29H38BrN3O4S/c1-7-14-31(6)25(35)21-22-26(36)33(20(17-34)18-12-10-9-11-13-18)24(29(22)16-19(30)23(21)38-29)27(37)32(15-8-2)28(3,4)5/h7-13,19-24,34H,1-2,14-17H2,3-6H3/t19?,20-,21-,22+,23-,24?,29?/m1/s1. The average molecular weight is 605 g/mol. The summed E-state index contributed by atoms with van der Waals surface area (Å²) in [5.74, 6) is -1.77. The summed E-state index contributed by atoms with van der Waals surface area (Å²) in [5.41, 5.74) is 0.232. The smallest absolute Gasteiger partial charge is 0.247 e. The van der Waals surface area contributed by atoms with Gasteiger partial charge in [0.15, 0.2) is 0 Å². The average Bonchev–Trinajstić information content (AvgIpc) is 3.46. The monoisotopic (exact) mass is 603 g/mol. The number of aliphatic hydroxyl groups excluding tert-OH is 1. The molecule has 9 heteroatoms. The van der Waals surface area contributed by atoms with Crippen LogP contribution in [0.15, 0.2) is 55.6 Å². The largest absolute Gasteiger partial charge is 0.394 e. The number of amides is 3. The number of hydrogen-bond donors (Lipinski definition) is 1. The number of halogens is 1. The number of thioether (sulfide) groups is 1. The summed E-state index contributed by atoms with van der Waals surface area (Å²) in [5, 5.41) is 10.5. The molecule has 0 saturated carbocycles. The van der Waals surface area contributed by atoms with Gasteiger partial charge in [-0.3, -0.25) is 14.4 Å². The highest BCUT2D eigenvalue weighted by Gasteiger charge is 2.76. The maximum absolute atomic E-state index is 14.6. The first-order chi connectivity index (χ1) is 17.9. The lowest BCUT2D eigenvalue weighted by molar-refractivity contribution is -0.148. The lowest BCUT2D eigenvalue weighted by Crippen LogP contribution is -2.59. The van der Waals surface area contributed by atoms with Crippen molar-refractivity contribution in [2.75, 3.05) is 26.7 Å². The molecule has 1 aromatic carbocycles. The summed E-state index contributed by atoms with van der Waals surface area (Å²) in [4.78, 5) is 47.8. The summed E-state index contributed by atoms with van der Waals surface area (Å²) >= 11 is 5.42. The van der Waals surface area contributed by atoms with Crippen LogP contribution in [-0.2, 0) is 14.4 Å². The third-order valence-corrected chi connectivity index (χ3v) is 11.3. The second kappa shape index (κ2) is 10.8. The Morgan fingerprint density at radius 2 is 1.84 bits per heavy atom. The minimum absolute atomic E-state index is 0.0235. The lowest BCUT2D eigenvalue weighted by Gasteiger charge is -2.43. The normalized spacial score (nSPS) is 30.6. The van der Waals surface area contributed by atoms with Gasteiger partial charge in [0.05, 0.1) is 29.2 Å². The van der Waals surface area contributed by atoms with E-state index < -0.39 is 34.2 Å². The molecule has 1 N–H and O–H groups in total. The zero-order chi connectivity index (χ0) is 28.0. The Kier molecular flexibility index (Phi) is 8.22. The molecule has 3 aliphatic heterocycles. The molecule has 0 radical (unpaired) electrons. The van der Waals surface area contributed by atoms with Crippen molar-refractivity contribution in [3.63, 3.8) is 0 Å². The van der Waals surface area contributed by atoms with Crippen molar-refractivity contribution in [2.45, 2.75) is 59.6 Å². The summed E-state index contributed by atoms with van der Waals surface area (Å²) in [6, 6.07) is 7.78. The number of fused-ring (bicyclic) bond motifs is 1. The first-order valence-corrected chi connectivity index (χ1v) is 14.8. The number of nitrogens with zero attached hydrogens (tertiary/aromatic N) is 3. The van der Waals surface area contributed by atoms with Crippen LogP contribution >= 0.6 is 27.7 Å². The molecule has 3 saturated heterocycles. The lowest BCUT2D eigenvalue weighted by atomic mass is 9.70. The van der Waals surface area contributed by atoms with Crippen molar-refractivity contribution in [2.24, 2.45) is 11.8 Å². The molecule has 4 rings (SSSR count). The Hall–Kier alpha value is -2.10. The van der Waals surface area contributed by atoms with Crippen LogP contribution in [0.2, 0.25) is 0 Å². The van der Waals surface area contributed by atoms with E-state index in [4.69, 9.17) is 0 Å². The van der Waals surface area contributed by atoms with Crippen LogP contribution in [0.5, 0.6) is 0 Å². The van der Waals surface area contributed by atoms with Crippen molar-refractivity contribution in [1.82, 2.24) is 14.7 Å². The molecule has 1 spiro atoms. The van der Waals surface area contributed by atoms with E-state index in [0.717, 1.165) is 5.56 Å². The molecule has 7 atom stereocenters. The van der Waals surface area contributed by atoms with Gasteiger partial charge in [-0.2, -0.15) is 0 Å². The molecule has 3 unspecified atom stereocenters. The second-order valence-electron chi connectivity index (χ2n) is 11.4. The Labute approximate surface area is 238 Å². The van der Waals surface area contributed by atoms with E-state index in [-0.39, 0.29) is 34.4 Å². The van der Waals surface area contributed by atoms with Crippen LogP contribution < -0.4 is 0 Å². The van der Waals surface area contributed by atoms with Gasteiger partial charge in [-0.05, 0) is 32.8 Å². The molecule has 206 valence electrons. The van der Waals surface area contributed by atoms with Crippen LogP contribution in [0.25, 0.3) is 0 Å². The SMILES string of the molecule is C=CCN(C)C(=O)[C@H]1[C@@H]2SC3(CC2Br)C(C(=O)N(CC=C)C(C)(C)C)N([C@H](CO)c2ccccc2)C(=O)[C@H]13. The second-order valence-corrected chi connectivity index (χ2v) is 14.2. The van der Waals surface area contributed by atoms with Gasteiger partial charge in [-0.1, -0.05) is 58.4 Å². The zero-order valence-corrected chi connectivity index (χ0v) is 25.0. The van der Waals surface area contributed by atoms with Crippen LogP contribution in [0.4, 0.5) is 0 Å². The van der Waals surface area contributed by atoms with Crippen molar-refractivity contribution >= 4 is 45.4 Å². The van der Waals surface area contributed by atoms with Crippen LogP contribution in [0, 0.1) is 11.8 Å². The topological polar surface area (TPSA) is 81.2 Å². The maximum Gasteiger partial charge on any atom is 0.247 e. The van der Waals surface area contributed by atoms with Crippen molar-refractivity contribution in [3.8, 4) is 0 Å². The molecule has 3 aliphatic rings. The van der Waals surface area contributed by atoms with Gasteiger partial charge >= 0.3 is 0 Å². The fourth-order valence-electron chi connectivity index (χ4n) is 6.50. The van der Waals surface area contributed by atoms with Crippen molar-refractivity contribution < 1.29 is 19.5 Å². The molecular formula is C29H38BrN3O4S. The number of rotatable bonds is 9. The van der Waals surface area contributed by atoms with Crippen LogP contribution in [-0.4, -0.2) is 90.7 Å². The van der Waals surface area contributed by atoms with Gasteiger partial charge in [0.25, 0.3) is 0 Å². The highest BCUT2D eigenvalue weighted by Crippen LogP contribution is 2.68. The third kappa shape index (κ3) is 4.54. The van der Waals surface area contributed by atoms with E-state index in [2.05, 4.69) is 29.1 Å². The molecule has 2 bridgehead atoms. The van der Waals surface area contributed by atoms with E-state index in [0.29, 0.717) is 19.5 Å². The van der Waals surface area contributed by atoms with Gasteiger partial charge in [0.2, 0.25) is 17.7 Å². The first-order valence-electron chi connectivity index (χ1n) is 13.0. The minimum Gasteiger partial charge on any atom is -0.394 e. The fraction of sp³-hybridized carbons (Fsp3) is 0.552. The number of aliphatic hydroxyl groups is 1. The molecular weight excluding hydrogens is 566 g/mol. The third-order valence-electron chi connectivity index (χ3n) is 8.11. The molecule has 3 fully saturated rings. The van der Waals surface area contributed by atoms with Gasteiger partial charge < -0.3 is 19.8 Å². The Balaban J connectivity index is 1.89. The minimum atomic E-state index is -0.839. The van der Waals surface area contributed by atoms with Gasteiger partial charge in [0.1, 0.15) is 6.04 Å². The number of likely N-dealkylation sites (tertiary alicyclic amines) is 1. The first kappa shape index (κ1) is 28.9. The Bertz CT molecular complexity index is 1110.